The van der Waals surface area contributed by atoms with Crippen molar-refractivity contribution in [3.63, 3.8) is 0 Å². The van der Waals surface area contributed by atoms with Crippen LogP contribution in [-0.2, 0) is 9.59 Å². The highest BCUT2D eigenvalue weighted by Crippen LogP contribution is 2.14. The number of carbonyl (C=O) groups excluding carboxylic acids is 3. The number of nitrogens with one attached hydrogen (secondary N) is 2. The van der Waals surface area contributed by atoms with Crippen molar-refractivity contribution >= 4 is 28.5 Å². The van der Waals surface area contributed by atoms with E-state index in [1.165, 1.54) is 4.68 Å². The molecular weight excluding hydrogens is 410 g/mol. The summed E-state index contributed by atoms with van der Waals surface area (Å²) in [5.74, 6) is -0.973. The number of rotatable bonds is 10. The molecule has 0 fully saturated rings. The van der Waals surface area contributed by atoms with Crippen molar-refractivity contribution in [1.29, 1.82) is 0 Å². The second-order valence-electron chi connectivity index (χ2n) is 7.97. The van der Waals surface area contributed by atoms with Crippen molar-refractivity contribution in [3.05, 3.63) is 40.3 Å². The zero-order valence-electron chi connectivity index (χ0n) is 19.3. The third kappa shape index (κ3) is 6.38. The molecular formula is C23H33N5O4. The zero-order valence-corrected chi connectivity index (χ0v) is 19.3. The van der Waals surface area contributed by atoms with E-state index in [1.807, 2.05) is 18.7 Å². The van der Waals surface area contributed by atoms with E-state index in [4.69, 9.17) is 0 Å². The summed E-state index contributed by atoms with van der Waals surface area (Å²) >= 11 is 0. The average Bonchev–Trinajstić information content (AvgIpc) is 2.77. The van der Waals surface area contributed by atoms with Gasteiger partial charge in [-0.15, -0.1) is 0 Å². The van der Waals surface area contributed by atoms with Crippen LogP contribution in [0.3, 0.4) is 0 Å². The highest BCUT2D eigenvalue weighted by atomic mass is 16.2. The highest BCUT2D eigenvalue weighted by Gasteiger charge is 2.18. The normalized spacial score (nSPS) is 10.9. The number of carbonyl (C=O) groups is 3. The van der Waals surface area contributed by atoms with Crippen LogP contribution in [0.2, 0.25) is 0 Å². The molecule has 0 saturated carbocycles. The molecule has 174 valence electrons. The third-order valence-electron chi connectivity index (χ3n) is 4.98. The molecule has 1 aromatic carbocycles. The summed E-state index contributed by atoms with van der Waals surface area (Å²) in [6.07, 6.45) is 2.57. The van der Waals surface area contributed by atoms with Crippen LogP contribution in [0.15, 0.2) is 29.1 Å². The molecule has 0 spiro atoms. The van der Waals surface area contributed by atoms with Crippen LogP contribution in [0.4, 0.5) is 0 Å². The van der Waals surface area contributed by atoms with Gasteiger partial charge < -0.3 is 4.90 Å². The Hall–Kier alpha value is -3.23. The SMILES string of the molecule is CCCN(CCC)C(=O)CCCC(=O)NNC(=O)c1nn(C(C)C)c(=O)c2ccccc12. The maximum Gasteiger partial charge on any atom is 0.290 e. The molecule has 0 unspecified atom stereocenters. The molecule has 2 N–H and O–H groups in total. The Morgan fingerprint density at radius 2 is 1.62 bits per heavy atom. The Morgan fingerprint density at radius 3 is 2.22 bits per heavy atom. The van der Waals surface area contributed by atoms with Crippen molar-refractivity contribution in [2.24, 2.45) is 0 Å². The van der Waals surface area contributed by atoms with Crippen molar-refractivity contribution in [2.75, 3.05) is 13.1 Å². The third-order valence-corrected chi connectivity index (χ3v) is 4.98. The van der Waals surface area contributed by atoms with Crippen molar-refractivity contribution < 1.29 is 14.4 Å². The number of amides is 3. The lowest BCUT2D eigenvalue weighted by Gasteiger charge is -2.21. The molecule has 2 aromatic rings. The van der Waals surface area contributed by atoms with Gasteiger partial charge in [0.05, 0.1) is 11.4 Å². The molecule has 0 bridgehead atoms. The van der Waals surface area contributed by atoms with E-state index in [1.54, 1.807) is 38.1 Å². The molecule has 1 aromatic heterocycles. The minimum Gasteiger partial charge on any atom is -0.343 e. The Kier molecular flexibility index (Phi) is 9.37. The number of hydrogen-bond donors (Lipinski definition) is 2. The van der Waals surface area contributed by atoms with Gasteiger partial charge in [0.25, 0.3) is 11.5 Å². The lowest BCUT2D eigenvalue weighted by molar-refractivity contribution is -0.131. The quantitative estimate of drug-likeness (QED) is 0.548. The molecule has 32 heavy (non-hydrogen) atoms. The lowest BCUT2D eigenvalue weighted by atomic mass is 10.1. The lowest BCUT2D eigenvalue weighted by Crippen LogP contribution is -2.43. The largest absolute Gasteiger partial charge is 0.343 e. The van der Waals surface area contributed by atoms with E-state index in [-0.39, 0.29) is 36.0 Å². The fraction of sp³-hybridized carbons (Fsp3) is 0.522. The number of aromatic nitrogens is 2. The summed E-state index contributed by atoms with van der Waals surface area (Å²) in [6, 6.07) is 6.50. The van der Waals surface area contributed by atoms with Gasteiger partial charge in [-0.05, 0) is 39.2 Å². The first kappa shape index (κ1) is 25.0. The van der Waals surface area contributed by atoms with Crippen LogP contribution >= 0.6 is 0 Å². The van der Waals surface area contributed by atoms with Crippen LogP contribution < -0.4 is 16.4 Å². The molecule has 0 atom stereocenters. The first-order valence-electron chi connectivity index (χ1n) is 11.2. The first-order valence-corrected chi connectivity index (χ1v) is 11.2. The second-order valence-corrected chi connectivity index (χ2v) is 7.97. The molecule has 0 radical (unpaired) electrons. The number of benzene rings is 1. The molecule has 0 aliphatic carbocycles. The topological polar surface area (TPSA) is 113 Å². The van der Waals surface area contributed by atoms with Gasteiger partial charge in [0, 0.05) is 31.3 Å². The van der Waals surface area contributed by atoms with E-state index in [9.17, 15) is 19.2 Å². The van der Waals surface area contributed by atoms with E-state index < -0.39 is 11.8 Å². The molecule has 2 rings (SSSR count). The highest BCUT2D eigenvalue weighted by molar-refractivity contribution is 6.05. The van der Waals surface area contributed by atoms with Gasteiger partial charge in [-0.3, -0.25) is 30.0 Å². The van der Waals surface area contributed by atoms with E-state index in [2.05, 4.69) is 16.0 Å². The molecule has 9 heteroatoms. The van der Waals surface area contributed by atoms with Crippen LogP contribution in [0.1, 0.15) is 76.3 Å². The minimum atomic E-state index is -0.614. The van der Waals surface area contributed by atoms with Gasteiger partial charge in [0.15, 0.2) is 5.69 Å². The van der Waals surface area contributed by atoms with Gasteiger partial charge in [-0.2, -0.15) is 5.10 Å². The van der Waals surface area contributed by atoms with Crippen LogP contribution in [0.5, 0.6) is 0 Å². The molecule has 1 heterocycles. The van der Waals surface area contributed by atoms with Crippen LogP contribution in [-0.4, -0.2) is 45.5 Å². The van der Waals surface area contributed by atoms with E-state index in [0.29, 0.717) is 30.3 Å². The van der Waals surface area contributed by atoms with Gasteiger partial charge in [-0.25, -0.2) is 4.68 Å². The first-order chi connectivity index (χ1) is 15.3. The maximum absolute atomic E-state index is 12.7. The monoisotopic (exact) mass is 443 g/mol. The molecule has 0 aliphatic heterocycles. The Morgan fingerprint density at radius 1 is 1.00 bits per heavy atom. The molecule has 0 aliphatic rings. The number of nitrogens with zero attached hydrogens (tertiary/aromatic N) is 3. The zero-order chi connectivity index (χ0) is 23.7. The average molecular weight is 444 g/mol. The van der Waals surface area contributed by atoms with E-state index >= 15 is 0 Å². The van der Waals surface area contributed by atoms with E-state index in [0.717, 1.165) is 12.8 Å². The number of fused-ring (bicyclic) bond motifs is 1. The van der Waals surface area contributed by atoms with Gasteiger partial charge in [0.1, 0.15) is 0 Å². The molecule has 9 nitrogen and oxygen atoms in total. The van der Waals surface area contributed by atoms with Gasteiger partial charge in [0.2, 0.25) is 11.8 Å². The molecule has 0 saturated heterocycles. The van der Waals surface area contributed by atoms with Crippen molar-refractivity contribution in [1.82, 2.24) is 25.5 Å². The van der Waals surface area contributed by atoms with Crippen molar-refractivity contribution in [3.8, 4) is 0 Å². The summed E-state index contributed by atoms with van der Waals surface area (Å²) < 4.78 is 1.25. The van der Waals surface area contributed by atoms with Gasteiger partial charge in [-0.1, -0.05) is 32.0 Å². The number of hydrogen-bond acceptors (Lipinski definition) is 5. The summed E-state index contributed by atoms with van der Waals surface area (Å²) in [6.45, 7) is 9.09. The summed E-state index contributed by atoms with van der Waals surface area (Å²) in [5.41, 5.74) is 4.52. The Balaban J connectivity index is 1.97. The van der Waals surface area contributed by atoms with Gasteiger partial charge >= 0.3 is 0 Å². The fourth-order valence-electron chi connectivity index (χ4n) is 3.43. The summed E-state index contributed by atoms with van der Waals surface area (Å²) in [5, 5.41) is 5.01. The Bertz CT molecular complexity index is 1010. The Labute approximate surface area is 188 Å². The standard InChI is InChI=1S/C23H33N5O4/c1-5-14-27(15-6-2)20(30)13-9-12-19(29)24-25-22(31)21-17-10-7-8-11-18(17)23(32)28(26-21)16(3)4/h7-8,10-11,16H,5-6,9,12-15H2,1-4H3,(H,24,29)(H,25,31). The second kappa shape index (κ2) is 12.0. The minimum absolute atomic E-state index is 0.0390. The number of hydrazine groups is 1. The fourth-order valence-corrected chi connectivity index (χ4v) is 3.43. The predicted octanol–water partition coefficient (Wildman–Crippen LogP) is 2.56. The summed E-state index contributed by atoms with van der Waals surface area (Å²) in [4.78, 5) is 51.5. The predicted molar refractivity (Wildman–Crippen MR) is 123 cm³/mol. The van der Waals surface area contributed by atoms with Crippen LogP contribution in [0, 0.1) is 0 Å². The smallest absolute Gasteiger partial charge is 0.290 e. The van der Waals surface area contributed by atoms with Crippen molar-refractivity contribution in [2.45, 2.75) is 65.8 Å². The molecule has 3 amide bonds. The maximum atomic E-state index is 12.7. The van der Waals surface area contributed by atoms with Crippen LogP contribution in [0.25, 0.3) is 10.8 Å². The summed E-state index contributed by atoms with van der Waals surface area (Å²) in [7, 11) is 0.